The second-order valence-electron chi connectivity index (χ2n) is 26.8. The van der Waals surface area contributed by atoms with Crippen molar-refractivity contribution in [3.05, 3.63) is 148 Å². The summed E-state index contributed by atoms with van der Waals surface area (Å²) in [5.74, 6) is 0. The maximum absolute atomic E-state index is 9.29. The first-order chi connectivity index (χ1) is 32.9. The van der Waals surface area contributed by atoms with E-state index in [1.165, 1.54) is 61.0 Å². The van der Waals surface area contributed by atoms with Crippen molar-refractivity contribution in [1.29, 1.82) is 0 Å². The molecule has 0 atom stereocenters. The van der Waals surface area contributed by atoms with Gasteiger partial charge in [0.05, 0.1) is 5.69 Å². The molecule has 68 heavy (non-hydrogen) atoms. The monoisotopic (exact) mass is 900 g/mol. The fourth-order valence-electron chi connectivity index (χ4n) is 13.4. The number of hydrogen-bond acceptors (Lipinski definition) is 2. The smallest absolute Gasteiger partial charge is 0.252 e. The number of anilines is 6. The van der Waals surface area contributed by atoms with Crippen LogP contribution in [0.3, 0.4) is 0 Å². The molecule has 0 radical (unpaired) electrons. The van der Waals surface area contributed by atoms with Gasteiger partial charge in [-0.25, -0.2) is 0 Å². The lowest BCUT2D eigenvalue weighted by molar-refractivity contribution is 0.332. The molecule has 0 fully saturated rings. The van der Waals surface area contributed by atoms with Crippen LogP contribution in [0, 0.1) is 6.85 Å². The molecule has 0 saturated heterocycles. The first kappa shape index (κ1) is 41.9. The van der Waals surface area contributed by atoms with Gasteiger partial charge in [-0.2, -0.15) is 0 Å². The molecule has 350 valence electrons. The number of rotatable bonds is 3. The normalized spacial score (nSPS) is 21.5. The molecule has 6 aromatic carbocycles. The quantitative estimate of drug-likeness (QED) is 0.163. The SMILES string of the molecule is [2H]C([2H])([2H])c1cc2c3c(c1)N(c1ccc(C(C)(C)C)cc1-c1ccccc1)c1cc4c(cc1B3c1cc3c(cc1N2c1ccc2c(c1)C(C)(C)CCC2(C)C)C(C)(C)CCC3(C)C)C(C)(C)CCC4(C)C. The summed E-state index contributed by atoms with van der Waals surface area (Å²) in [6, 6.07) is 39.6. The lowest BCUT2D eigenvalue weighted by Gasteiger charge is -2.49. The Balaban J connectivity index is 1.32. The Morgan fingerprint density at radius 2 is 0.897 bits per heavy atom. The molecule has 3 heteroatoms. The minimum Gasteiger partial charge on any atom is -0.311 e. The highest BCUT2D eigenvalue weighted by Gasteiger charge is 2.49. The Bertz CT molecular complexity index is 3190. The molecule has 11 rings (SSSR count). The van der Waals surface area contributed by atoms with Crippen molar-refractivity contribution in [2.24, 2.45) is 0 Å². The predicted octanol–water partition coefficient (Wildman–Crippen LogP) is 16.1. The summed E-state index contributed by atoms with van der Waals surface area (Å²) in [7, 11) is 0. The largest absolute Gasteiger partial charge is 0.311 e. The van der Waals surface area contributed by atoms with Gasteiger partial charge < -0.3 is 9.80 Å². The summed E-state index contributed by atoms with van der Waals surface area (Å²) >= 11 is 0. The molecule has 0 aromatic heterocycles. The first-order valence-electron chi connectivity index (χ1n) is 27.4. The van der Waals surface area contributed by atoms with Crippen molar-refractivity contribution in [3.8, 4) is 11.1 Å². The molecule has 0 amide bonds. The number of aryl methyl sites for hydroxylation is 1. The van der Waals surface area contributed by atoms with Crippen LogP contribution in [0.1, 0.15) is 191 Å². The number of hydrogen-bond donors (Lipinski definition) is 0. The van der Waals surface area contributed by atoms with E-state index in [9.17, 15) is 4.11 Å². The summed E-state index contributed by atoms with van der Waals surface area (Å²) < 4.78 is 27.9. The summed E-state index contributed by atoms with van der Waals surface area (Å²) in [6.07, 6.45) is 6.68. The number of nitrogens with zero attached hydrogens (tertiary/aromatic N) is 2. The molecule has 6 aromatic rings. The van der Waals surface area contributed by atoms with E-state index in [1.807, 2.05) is 0 Å². The Kier molecular flexibility index (Phi) is 8.95. The maximum atomic E-state index is 9.29. The minimum atomic E-state index is -2.37. The Morgan fingerprint density at radius 3 is 1.40 bits per heavy atom. The lowest BCUT2D eigenvalue weighted by Crippen LogP contribution is -2.62. The van der Waals surface area contributed by atoms with Gasteiger partial charge >= 0.3 is 0 Å². The van der Waals surface area contributed by atoms with Gasteiger partial charge in [0.25, 0.3) is 6.71 Å². The third kappa shape index (κ3) is 6.77. The van der Waals surface area contributed by atoms with Crippen LogP contribution in [-0.4, -0.2) is 6.71 Å². The van der Waals surface area contributed by atoms with Gasteiger partial charge in [0.1, 0.15) is 0 Å². The average Bonchev–Trinajstić information content (AvgIpc) is 3.29. The van der Waals surface area contributed by atoms with Crippen LogP contribution in [0.5, 0.6) is 0 Å². The Labute approximate surface area is 415 Å². The summed E-state index contributed by atoms with van der Waals surface area (Å²) in [5, 5.41) is 0. The van der Waals surface area contributed by atoms with Crippen molar-refractivity contribution < 1.29 is 4.11 Å². The van der Waals surface area contributed by atoms with E-state index in [0.717, 1.165) is 78.1 Å². The molecule has 0 unspecified atom stereocenters. The van der Waals surface area contributed by atoms with Crippen LogP contribution in [0.25, 0.3) is 11.1 Å². The third-order valence-corrected chi connectivity index (χ3v) is 18.3. The van der Waals surface area contributed by atoms with Gasteiger partial charge in [-0.1, -0.05) is 158 Å². The van der Waals surface area contributed by atoms with E-state index in [2.05, 4.69) is 217 Å². The molecular formula is C65H77BN2. The second kappa shape index (κ2) is 14.5. The summed E-state index contributed by atoms with van der Waals surface area (Å²) in [6.45, 7) is 33.5. The van der Waals surface area contributed by atoms with Crippen molar-refractivity contribution in [3.63, 3.8) is 0 Å². The van der Waals surface area contributed by atoms with Crippen molar-refractivity contribution in [2.45, 2.75) is 187 Å². The van der Waals surface area contributed by atoms with E-state index in [4.69, 9.17) is 0 Å². The molecule has 3 aliphatic carbocycles. The van der Waals surface area contributed by atoms with Gasteiger partial charge in [0, 0.05) is 38.1 Å². The molecule has 5 aliphatic rings. The minimum absolute atomic E-state index is 0.0215. The third-order valence-electron chi connectivity index (χ3n) is 18.3. The fraction of sp³-hybridized carbons (Fsp3) is 0.446. The average molecular weight is 900 g/mol. The van der Waals surface area contributed by atoms with Gasteiger partial charge in [0.2, 0.25) is 0 Å². The molecule has 2 heterocycles. The zero-order valence-electron chi connectivity index (χ0n) is 47.0. The molecule has 0 saturated carbocycles. The fourth-order valence-corrected chi connectivity index (χ4v) is 13.4. The Hall–Kier alpha value is -5.02. The summed E-state index contributed by atoms with van der Waals surface area (Å²) in [4.78, 5) is 5.00. The van der Waals surface area contributed by atoms with E-state index in [0.29, 0.717) is 5.56 Å². The van der Waals surface area contributed by atoms with E-state index >= 15 is 0 Å². The molecule has 0 spiro atoms. The topological polar surface area (TPSA) is 6.48 Å². The number of fused-ring (bicyclic) bond motifs is 7. The molecule has 0 bridgehead atoms. The standard InChI is InChI=1S/C65H77BN2/c1-40-32-56-58-57(33-40)68(53-25-22-42(59(2,3)4)34-44(53)41-20-18-17-19-21-41)55-39-50-48(63(11,12)29-31-65(50,15)16)37-52(55)66(58)51-36-47-49(64(13,14)30-28-62(47,9)10)38-54(51)67(56)43-23-24-45-46(35-43)61(7,8)27-26-60(45,5)6/h17-25,32-39H,26-31H2,1-16H3/i1D3. The highest BCUT2D eigenvalue weighted by molar-refractivity contribution is 7.00. The highest BCUT2D eigenvalue weighted by atomic mass is 15.2. The number of benzene rings is 6. The predicted molar refractivity (Wildman–Crippen MR) is 295 cm³/mol. The van der Waals surface area contributed by atoms with Gasteiger partial charge in [-0.05, 0) is 198 Å². The van der Waals surface area contributed by atoms with Crippen molar-refractivity contribution >= 4 is 57.2 Å². The van der Waals surface area contributed by atoms with Gasteiger partial charge in [-0.3, -0.25) is 0 Å². The van der Waals surface area contributed by atoms with E-state index in [-0.39, 0.29) is 44.6 Å². The van der Waals surface area contributed by atoms with Crippen molar-refractivity contribution in [2.75, 3.05) is 9.80 Å². The van der Waals surface area contributed by atoms with Crippen LogP contribution >= 0.6 is 0 Å². The molecule has 2 aliphatic heterocycles. The van der Waals surface area contributed by atoms with Crippen LogP contribution in [-0.2, 0) is 37.9 Å². The lowest BCUT2D eigenvalue weighted by atomic mass is 9.32. The molecule has 2 nitrogen and oxygen atoms in total. The zero-order chi connectivity index (χ0) is 51.0. The second-order valence-corrected chi connectivity index (χ2v) is 26.8. The van der Waals surface area contributed by atoms with Crippen LogP contribution < -0.4 is 26.2 Å². The van der Waals surface area contributed by atoms with Crippen LogP contribution in [0.2, 0.25) is 0 Å². The zero-order valence-corrected chi connectivity index (χ0v) is 44.0. The van der Waals surface area contributed by atoms with Gasteiger partial charge in [0.15, 0.2) is 0 Å². The van der Waals surface area contributed by atoms with E-state index < -0.39 is 6.85 Å². The van der Waals surface area contributed by atoms with E-state index in [1.54, 1.807) is 0 Å². The summed E-state index contributed by atoms with van der Waals surface area (Å²) in [5.41, 5.74) is 22.3. The van der Waals surface area contributed by atoms with Crippen LogP contribution in [0.15, 0.2) is 103 Å². The van der Waals surface area contributed by atoms with Crippen LogP contribution in [0.4, 0.5) is 34.1 Å². The molecular weight excluding hydrogens is 820 g/mol. The molecule has 0 N–H and O–H groups in total. The maximum Gasteiger partial charge on any atom is 0.252 e. The first-order valence-corrected chi connectivity index (χ1v) is 25.9. The van der Waals surface area contributed by atoms with Gasteiger partial charge in [-0.15, -0.1) is 0 Å². The Morgan fingerprint density at radius 1 is 0.441 bits per heavy atom. The highest BCUT2D eigenvalue weighted by Crippen LogP contribution is 2.55. The van der Waals surface area contributed by atoms with Crippen molar-refractivity contribution in [1.82, 2.24) is 0 Å².